The van der Waals surface area contributed by atoms with Crippen LogP contribution < -0.4 is 80.0 Å². The van der Waals surface area contributed by atoms with Crippen LogP contribution in [0.3, 0.4) is 0 Å². The fourth-order valence-electron chi connectivity index (χ4n) is 18.7. The minimum Gasteiger partial charge on any atom is -0.495 e. The number of carbonyl (C=O) groups excluding carboxylic acids is 4. The molecule has 40 heteroatoms. The first kappa shape index (κ1) is 108. The highest BCUT2D eigenvalue weighted by Gasteiger charge is 2.39. The van der Waals surface area contributed by atoms with Gasteiger partial charge in [0.1, 0.15) is 69.5 Å². The summed E-state index contributed by atoms with van der Waals surface area (Å²) in [5.41, 5.74) is 1.78. The number of ketones is 4. The van der Waals surface area contributed by atoms with Gasteiger partial charge in [0.15, 0.2) is 69.4 Å². The summed E-state index contributed by atoms with van der Waals surface area (Å²) < 4.78 is 126. The second kappa shape index (κ2) is 48.1. The van der Waals surface area contributed by atoms with Crippen molar-refractivity contribution in [2.45, 2.75) is 120 Å². The molecule has 3 aliphatic carbocycles. The minimum atomic E-state index is -0.864. The number of benzene rings is 4. The highest BCUT2D eigenvalue weighted by Crippen LogP contribution is 2.51. The van der Waals surface area contributed by atoms with Gasteiger partial charge in [0, 0.05) is 184 Å². The Kier molecular flexibility index (Phi) is 34.5. The molecule has 8 aromatic heterocycles. The highest BCUT2D eigenvalue weighted by atomic mass is 35.5. The molecular formula is C110H116Cl4F4N16O16. The minimum absolute atomic E-state index is 0.00143. The molecule has 4 aromatic carbocycles. The van der Waals surface area contributed by atoms with Crippen molar-refractivity contribution in [2.24, 2.45) is 29.6 Å². The molecule has 9 atom stereocenters. The zero-order valence-electron chi connectivity index (χ0n) is 84.2. The molecule has 8 aliphatic rings. The van der Waals surface area contributed by atoms with Crippen LogP contribution in [0.4, 0.5) is 64.1 Å². The predicted molar refractivity (Wildman–Crippen MR) is 574 cm³/mol. The van der Waals surface area contributed by atoms with Crippen LogP contribution in [0.5, 0.6) is 46.0 Å². The lowest BCUT2D eigenvalue weighted by Gasteiger charge is -2.33. The van der Waals surface area contributed by atoms with Gasteiger partial charge in [0.05, 0.1) is 188 Å². The van der Waals surface area contributed by atoms with E-state index < -0.39 is 23.3 Å². The van der Waals surface area contributed by atoms with Gasteiger partial charge in [-0.05, 0) is 131 Å². The monoisotopic (exact) mass is 2130 g/mol. The van der Waals surface area contributed by atoms with Gasteiger partial charge >= 0.3 is 0 Å². The zero-order valence-corrected chi connectivity index (χ0v) is 87.3. The molecule has 5 aliphatic heterocycles. The lowest BCUT2D eigenvalue weighted by molar-refractivity contribution is -0.116. The van der Waals surface area contributed by atoms with E-state index in [-0.39, 0.29) is 129 Å². The quantitative estimate of drug-likeness (QED) is 0.0138. The number of fused-ring (bicyclic) bond motifs is 4. The second-order valence-electron chi connectivity index (χ2n) is 37.8. The van der Waals surface area contributed by atoms with Crippen LogP contribution in [0.2, 0.25) is 20.1 Å². The topological polar surface area (TPSA) is 370 Å². The summed E-state index contributed by atoms with van der Waals surface area (Å²) in [6, 6.07) is 20.8. The van der Waals surface area contributed by atoms with Crippen LogP contribution >= 0.6 is 46.4 Å². The molecule has 0 radical (unpaired) electrons. The Hall–Kier alpha value is -13.7. The summed E-state index contributed by atoms with van der Waals surface area (Å²) in [5, 5.41) is 31.9. The van der Waals surface area contributed by atoms with E-state index in [0.29, 0.717) is 202 Å². The summed E-state index contributed by atoms with van der Waals surface area (Å²) in [7, 11) is 11.4. The zero-order chi connectivity index (χ0) is 106. The third-order valence-corrected chi connectivity index (χ3v) is 29.2. The Bertz CT molecular complexity index is 6850. The fourth-order valence-corrected chi connectivity index (χ4v) is 20.1. The van der Waals surface area contributed by atoms with Crippen molar-refractivity contribution in [3.05, 3.63) is 192 Å². The molecule has 0 amide bonds. The molecule has 5 saturated heterocycles. The number of halogens is 8. The van der Waals surface area contributed by atoms with Crippen LogP contribution in [0.25, 0.3) is 88.1 Å². The molecule has 12 aromatic rings. The SMILES string of the molecule is C=CC(=O)C[C@H]1COC[C@H]1Nc1cc2c(N3CCC3)nc(-c3c(Cl)c(OC)cc(OC)c3Cl)cc2cn1.C=CC(=O)C[C@H]1COC[C@H]1Nc1cc2c(NC3CC3)nc(-c3c(Cl)c(OC)cc(OC)c3Cl)cc2cn1.C=CC(=O)C[C@H]1COC[C@H]1Nc1cc2c(NC3CC3)nc(-c3c(F)c(OC)cc(OC)c3F)cc2cn1.C=CC(=O)C[C@H]1COC[C@H]1Nc1cc2c(N[C@@H](C)C3CC3)nc(-c3c(F)c(OC)cc(OC)c3F)cc2cn1. The molecule has 20 rings (SSSR count). The summed E-state index contributed by atoms with van der Waals surface area (Å²) in [5.74, 6) is 3.44. The number of nitrogens with zero attached hydrogens (tertiary/aromatic N) is 9. The summed E-state index contributed by atoms with van der Waals surface area (Å²) in [6.45, 7) is 22.1. The lowest BCUT2D eigenvalue weighted by Crippen LogP contribution is -2.37. The maximum atomic E-state index is 15.4. The van der Waals surface area contributed by atoms with Gasteiger partial charge in [-0.3, -0.25) is 19.2 Å². The van der Waals surface area contributed by atoms with Crippen molar-refractivity contribution in [1.82, 2.24) is 39.9 Å². The van der Waals surface area contributed by atoms with E-state index in [4.69, 9.17) is 118 Å². The van der Waals surface area contributed by atoms with Gasteiger partial charge in [0.2, 0.25) is 0 Å². The van der Waals surface area contributed by atoms with Crippen LogP contribution in [0.15, 0.2) is 148 Å². The van der Waals surface area contributed by atoms with E-state index in [1.54, 1.807) is 57.1 Å². The molecule has 32 nitrogen and oxygen atoms in total. The van der Waals surface area contributed by atoms with Crippen LogP contribution in [0.1, 0.15) is 77.6 Å². The van der Waals surface area contributed by atoms with Crippen molar-refractivity contribution < 1.29 is 93.6 Å². The number of allylic oxidation sites excluding steroid dienone is 4. The van der Waals surface area contributed by atoms with Gasteiger partial charge in [-0.2, -0.15) is 0 Å². The number of aromatic nitrogens is 8. The molecule has 3 saturated carbocycles. The number of methoxy groups -OCH3 is 8. The van der Waals surface area contributed by atoms with Gasteiger partial charge in [-0.25, -0.2) is 57.4 Å². The lowest BCUT2D eigenvalue weighted by atomic mass is 9.97. The number of carbonyl (C=O) groups is 4. The maximum Gasteiger partial charge on any atom is 0.177 e. The Balaban J connectivity index is 0.000000136. The van der Waals surface area contributed by atoms with Crippen molar-refractivity contribution in [1.29, 1.82) is 0 Å². The molecule has 0 spiro atoms. The van der Waals surface area contributed by atoms with Crippen molar-refractivity contribution >= 4 is 159 Å². The largest absolute Gasteiger partial charge is 0.495 e. The third-order valence-electron chi connectivity index (χ3n) is 27.7. The molecule has 0 bridgehead atoms. The van der Waals surface area contributed by atoms with Crippen molar-refractivity contribution in [2.75, 3.05) is 165 Å². The first-order chi connectivity index (χ1) is 72.6. The first-order valence-corrected chi connectivity index (χ1v) is 50.8. The smallest absolute Gasteiger partial charge is 0.177 e. The standard InChI is InChI=1S/C29H32F2N4O4.2C27H28Cl2N4O4.C27H28F2N4O4/c1-5-19(36)8-18-13-39-14-22(18)34-25-10-20-17(12-32-25)9-21(35-29(20)33-15(2)16-6-7-16)26-27(30)23(37-3)11-24(38-4)28(26)31;1-4-17(34)7-15-12-37-13-20(15)32-23-9-18-14(11-30-23)8-19(33-27(18)31-16-5-6-16)24-25(28)21(35-2)10-22(36-3)26(24)29;1-4-17(34)8-16-13-37-14-20(16)31-23-10-18-15(12-30-23)9-19(32-27(18)33-6-5-7-33)24-25(28)21(35-2)11-22(36-3)26(24)29;1-4-17(34)7-15-12-37-13-20(15)32-23-9-18-14(11-30-23)8-19(33-27(18)31-16-5-6-16)24-25(28)21(35-2)10-22(36-3)26(24)29/h5,9-12,15-16,18,22H,1,6-8,13-14H2,2-4H3,(H,32,34)(H,33,35);4,8-11,15-16,20H,1,5-7,12-13H2,2-3H3,(H,30,32)(H,31,33);4,9-12,16,20H,1,5-8,13-14H2,2-3H3,(H,30,31);4,8-11,15-16,20H,1,5-7,12-13H2,2-3H3,(H,30,32)(H,31,33)/t15-,18-,22+;15-,20+;16-,20+;15-,20+/m0000/s1. The molecule has 788 valence electrons. The number of hydrogen-bond acceptors (Lipinski definition) is 32. The van der Waals surface area contributed by atoms with E-state index in [1.807, 2.05) is 42.6 Å². The molecule has 8 fully saturated rings. The second-order valence-corrected chi connectivity index (χ2v) is 39.4. The number of anilines is 8. The van der Waals surface area contributed by atoms with Crippen LogP contribution in [-0.2, 0) is 38.1 Å². The van der Waals surface area contributed by atoms with Gasteiger partial charge in [-0.1, -0.05) is 72.7 Å². The Labute approximate surface area is 884 Å². The molecule has 0 unspecified atom stereocenters. The number of ether oxygens (including phenoxy) is 12. The normalized spacial score (nSPS) is 19.1. The predicted octanol–water partition coefficient (Wildman–Crippen LogP) is 21.3. The number of pyridine rings is 8. The molecule has 13 heterocycles. The Morgan fingerprint density at radius 2 is 0.640 bits per heavy atom. The van der Waals surface area contributed by atoms with Gasteiger partial charge in [0.25, 0.3) is 0 Å². The first-order valence-electron chi connectivity index (χ1n) is 49.3. The van der Waals surface area contributed by atoms with Gasteiger partial charge in [-0.15, -0.1) is 0 Å². The summed E-state index contributed by atoms with van der Waals surface area (Å²) in [4.78, 5) is 87.5. The van der Waals surface area contributed by atoms with Crippen molar-refractivity contribution in [3.8, 4) is 91.0 Å². The molecule has 7 N–H and O–H groups in total. The molecular weight excluding hydrogens is 2020 g/mol. The average Bonchev–Trinajstić information content (AvgIpc) is 1.10. The van der Waals surface area contributed by atoms with Crippen LogP contribution in [0, 0.1) is 52.9 Å². The van der Waals surface area contributed by atoms with E-state index >= 15 is 17.6 Å². The average molecular weight is 2140 g/mol. The van der Waals surface area contributed by atoms with E-state index in [0.717, 1.165) is 102 Å². The van der Waals surface area contributed by atoms with E-state index in [2.05, 4.69) is 100 Å². The number of hydrogen-bond donors (Lipinski definition) is 7. The van der Waals surface area contributed by atoms with E-state index in [1.165, 1.54) is 79.1 Å². The molecule has 150 heavy (non-hydrogen) atoms. The maximum absolute atomic E-state index is 15.4. The summed E-state index contributed by atoms with van der Waals surface area (Å²) in [6.07, 6.45) is 21.2. The fraction of sp³-hybridized carbons (Fsp3) is 0.382. The Morgan fingerprint density at radius 1 is 0.367 bits per heavy atom. The Morgan fingerprint density at radius 3 is 0.920 bits per heavy atom. The van der Waals surface area contributed by atoms with Gasteiger partial charge < -0.3 is 99.0 Å². The van der Waals surface area contributed by atoms with E-state index in [9.17, 15) is 19.2 Å². The number of nitrogens with one attached hydrogen (secondary N) is 7. The highest BCUT2D eigenvalue weighted by molar-refractivity contribution is 6.42. The van der Waals surface area contributed by atoms with Crippen LogP contribution in [-0.4, -0.2) is 228 Å². The third kappa shape index (κ3) is 24.3. The van der Waals surface area contributed by atoms with Crippen molar-refractivity contribution in [3.63, 3.8) is 0 Å². The summed E-state index contributed by atoms with van der Waals surface area (Å²) >= 11 is 26.8. The number of rotatable bonds is 40.